The molecule has 1 aromatic heterocycles. The molecule has 0 bridgehead atoms. The average molecular weight is 311 g/mol. The Labute approximate surface area is 116 Å². The predicted molar refractivity (Wildman–Crippen MR) is 63.9 cm³/mol. The summed E-state index contributed by atoms with van der Waals surface area (Å²) in [6.07, 6.45) is -5.67. The summed E-state index contributed by atoms with van der Waals surface area (Å²) in [5, 5.41) is 8.49. The van der Waals surface area contributed by atoms with Crippen molar-refractivity contribution in [3.05, 3.63) is 16.9 Å². The number of piperazine rings is 1. The second-order valence-corrected chi connectivity index (χ2v) is 4.52. The first-order chi connectivity index (χ1) is 9.27. The van der Waals surface area contributed by atoms with Crippen molar-refractivity contribution in [2.75, 3.05) is 31.1 Å². The number of anilines is 1. The van der Waals surface area contributed by atoms with E-state index in [2.05, 4.69) is 9.97 Å². The van der Waals surface area contributed by atoms with Gasteiger partial charge in [0.15, 0.2) is 5.69 Å². The first-order valence-electron chi connectivity index (χ1n) is 5.62. The van der Waals surface area contributed by atoms with Gasteiger partial charge in [0, 0.05) is 32.2 Å². The molecule has 1 aliphatic heterocycles. The molecule has 0 atom stereocenters. The molecule has 0 aliphatic carbocycles. The number of carboxylic acid groups (broad SMARTS) is 1. The Kier molecular flexibility index (Phi) is 3.89. The Morgan fingerprint density at radius 3 is 2.35 bits per heavy atom. The molecular formula is C10H10ClF3N4O2. The van der Waals surface area contributed by atoms with E-state index in [1.807, 2.05) is 0 Å². The second-order valence-electron chi connectivity index (χ2n) is 4.13. The first kappa shape index (κ1) is 14.6. The van der Waals surface area contributed by atoms with Crippen molar-refractivity contribution in [3.8, 4) is 0 Å². The Balaban J connectivity index is 2.18. The van der Waals surface area contributed by atoms with Crippen LogP contribution < -0.4 is 4.90 Å². The van der Waals surface area contributed by atoms with E-state index in [1.165, 1.54) is 9.80 Å². The molecule has 110 valence electrons. The summed E-state index contributed by atoms with van der Waals surface area (Å²) >= 11 is 5.57. The lowest BCUT2D eigenvalue weighted by Gasteiger charge is -2.33. The van der Waals surface area contributed by atoms with E-state index in [0.29, 0.717) is 6.07 Å². The van der Waals surface area contributed by atoms with Crippen molar-refractivity contribution in [1.82, 2.24) is 14.9 Å². The van der Waals surface area contributed by atoms with Crippen LogP contribution in [0.1, 0.15) is 5.69 Å². The molecule has 1 fully saturated rings. The van der Waals surface area contributed by atoms with E-state index >= 15 is 0 Å². The van der Waals surface area contributed by atoms with Crippen molar-refractivity contribution >= 4 is 23.6 Å². The number of rotatable bonds is 1. The highest BCUT2D eigenvalue weighted by Crippen LogP contribution is 2.30. The first-order valence-corrected chi connectivity index (χ1v) is 6.00. The molecule has 1 aromatic rings. The molecule has 0 unspecified atom stereocenters. The van der Waals surface area contributed by atoms with Crippen LogP contribution in [-0.4, -0.2) is 52.2 Å². The van der Waals surface area contributed by atoms with Gasteiger partial charge in [0.2, 0.25) is 5.95 Å². The van der Waals surface area contributed by atoms with Crippen LogP contribution in [-0.2, 0) is 6.18 Å². The van der Waals surface area contributed by atoms with Crippen LogP contribution in [0.2, 0.25) is 5.15 Å². The van der Waals surface area contributed by atoms with Crippen LogP contribution in [0.3, 0.4) is 0 Å². The second kappa shape index (κ2) is 5.31. The van der Waals surface area contributed by atoms with E-state index < -0.39 is 18.0 Å². The SMILES string of the molecule is O=C(O)N1CCN(c2nc(Cl)cc(C(F)(F)F)n2)CC1. The summed E-state index contributed by atoms with van der Waals surface area (Å²) in [5.74, 6) is -0.144. The molecule has 6 nitrogen and oxygen atoms in total. The molecule has 0 saturated carbocycles. The van der Waals surface area contributed by atoms with Crippen molar-refractivity contribution in [1.29, 1.82) is 0 Å². The number of halogens is 4. The molecule has 0 aromatic carbocycles. The summed E-state index contributed by atoms with van der Waals surface area (Å²) in [6.45, 7) is 0.771. The average Bonchev–Trinajstić information content (AvgIpc) is 2.37. The van der Waals surface area contributed by atoms with Gasteiger partial charge in [0.1, 0.15) is 5.15 Å². The van der Waals surface area contributed by atoms with Crippen LogP contribution >= 0.6 is 11.6 Å². The Morgan fingerprint density at radius 1 is 1.25 bits per heavy atom. The number of amides is 1. The molecule has 10 heteroatoms. The number of alkyl halides is 3. The zero-order valence-electron chi connectivity index (χ0n) is 10.1. The number of hydrogen-bond acceptors (Lipinski definition) is 4. The zero-order chi connectivity index (χ0) is 14.9. The van der Waals surface area contributed by atoms with E-state index in [4.69, 9.17) is 16.7 Å². The van der Waals surface area contributed by atoms with Crippen LogP contribution in [0.4, 0.5) is 23.9 Å². The van der Waals surface area contributed by atoms with Gasteiger partial charge >= 0.3 is 12.3 Å². The zero-order valence-corrected chi connectivity index (χ0v) is 10.8. The molecule has 1 N–H and O–H groups in total. The molecule has 0 spiro atoms. The van der Waals surface area contributed by atoms with Gasteiger partial charge in [-0.2, -0.15) is 13.2 Å². The molecule has 1 amide bonds. The van der Waals surface area contributed by atoms with Gasteiger partial charge in [-0.15, -0.1) is 0 Å². The molecule has 20 heavy (non-hydrogen) atoms. The molecule has 1 aliphatic rings. The molecule has 1 saturated heterocycles. The van der Waals surface area contributed by atoms with Crippen LogP contribution in [0, 0.1) is 0 Å². The van der Waals surface area contributed by atoms with E-state index in [9.17, 15) is 18.0 Å². The predicted octanol–water partition coefficient (Wildman–Crippen LogP) is 1.95. The lowest BCUT2D eigenvalue weighted by Crippen LogP contribution is -2.49. The van der Waals surface area contributed by atoms with Crippen LogP contribution in [0.5, 0.6) is 0 Å². The third kappa shape index (κ3) is 3.21. The fourth-order valence-electron chi connectivity index (χ4n) is 1.79. The summed E-state index contributed by atoms with van der Waals surface area (Å²) in [7, 11) is 0. The van der Waals surface area contributed by atoms with Crippen molar-refractivity contribution in [3.63, 3.8) is 0 Å². The topological polar surface area (TPSA) is 69.6 Å². The maximum atomic E-state index is 12.6. The summed E-state index contributed by atoms with van der Waals surface area (Å²) in [6, 6.07) is 0.651. The summed E-state index contributed by atoms with van der Waals surface area (Å²) in [5.41, 5.74) is -1.12. The number of aromatic nitrogens is 2. The van der Waals surface area contributed by atoms with Gasteiger partial charge in [-0.3, -0.25) is 0 Å². The fourth-order valence-corrected chi connectivity index (χ4v) is 1.97. The highest BCUT2D eigenvalue weighted by molar-refractivity contribution is 6.29. The fraction of sp³-hybridized carbons (Fsp3) is 0.500. The Bertz CT molecular complexity index is 518. The summed E-state index contributed by atoms with van der Waals surface area (Å²) in [4.78, 5) is 20.6. The molecule has 2 heterocycles. The molecular weight excluding hydrogens is 301 g/mol. The van der Waals surface area contributed by atoms with Crippen molar-refractivity contribution in [2.45, 2.75) is 6.18 Å². The maximum Gasteiger partial charge on any atom is 0.433 e. The largest absolute Gasteiger partial charge is 0.465 e. The van der Waals surface area contributed by atoms with Gasteiger partial charge in [0.05, 0.1) is 0 Å². The monoisotopic (exact) mass is 310 g/mol. The normalized spacial score (nSPS) is 16.4. The Morgan fingerprint density at radius 2 is 1.85 bits per heavy atom. The molecule has 2 rings (SSSR count). The van der Waals surface area contributed by atoms with Crippen LogP contribution in [0.25, 0.3) is 0 Å². The van der Waals surface area contributed by atoms with Gasteiger partial charge in [0.25, 0.3) is 0 Å². The van der Waals surface area contributed by atoms with Crippen LogP contribution in [0.15, 0.2) is 6.07 Å². The summed E-state index contributed by atoms with van der Waals surface area (Å²) < 4.78 is 37.9. The standard InChI is InChI=1S/C10H10ClF3N4O2/c11-7-5-6(10(12,13)14)15-8(16-7)17-1-3-18(4-2-17)9(19)20/h5H,1-4H2,(H,19,20). The number of carbonyl (C=O) groups is 1. The van der Waals surface area contributed by atoms with Crippen molar-refractivity contribution < 1.29 is 23.1 Å². The van der Waals surface area contributed by atoms with Gasteiger partial charge in [-0.05, 0) is 0 Å². The lowest BCUT2D eigenvalue weighted by molar-refractivity contribution is -0.141. The van der Waals surface area contributed by atoms with E-state index in [0.717, 1.165) is 0 Å². The third-order valence-corrected chi connectivity index (χ3v) is 3.00. The number of nitrogens with zero attached hydrogens (tertiary/aromatic N) is 4. The van der Waals surface area contributed by atoms with Gasteiger partial charge in [-0.1, -0.05) is 11.6 Å². The highest BCUT2D eigenvalue weighted by Gasteiger charge is 2.34. The Hall–Kier alpha value is -1.77. The highest BCUT2D eigenvalue weighted by atomic mass is 35.5. The quantitative estimate of drug-likeness (QED) is 0.803. The maximum absolute atomic E-state index is 12.6. The minimum absolute atomic E-state index is 0.144. The van der Waals surface area contributed by atoms with Gasteiger partial charge in [-0.25, -0.2) is 14.8 Å². The smallest absolute Gasteiger partial charge is 0.433 e. The van der Waals surface area contributed by atoms with E-state index in [-0.39, 0.29) is 37.3 Å². The molecule has 0 radical (unpaired) electrons. The number of hydrogen-bond donors (Lipinski definition) is 1. The minimum atomic E-state index is -4.61. The van der Waals surface area contributed by atoms with Gasteiger partial charge < -0.3 is 14.9 Å². The third-order valence-electron chi connectivity index (χ3n) is 2.81. The minimum Gasteiger partial charge on any atom is -0.465 e. The lowest BCUT2D eigenvalue weighted by atomic mass is 10.3. The van der Waals surface area contributed by atoms with E-state index in [1.54, 1.807) is 0 Å². The van der Waals surface area contributed by atoms with Crippen molar-refractivity contribution in [2.24, 2.45) is 0 Å².